The molecule has 0 fully saturated rings. The normalized spacial score (nSPS) is 20.7. The van der Waals surface area contributed by atoms with Crippen molar-refractivity contribution in [2.45, 2.75) is 38.6 Å². The molecule has 2 N–H and O–H groups in total. The number of hydrogen-bond donors (Lipinski definition) is 1. The highest BCUT2D eigenvalue weighted by Crippen LogP contribution is 2.36. The van der Waals surface area contributed by atoms with Crippen molar-refractivity contribution in [2.24, 2.45) is 5.73 Å². The summed E-state index contributed by atoms with van der Waals surface area (Å²) in [6.07, 6.45) is 0.930. The van der Waals surface area contributed by atoms with E-state index in [-0.39, 0.29) is 11.5 Å². The first kappa shape index (κ1) is 10.5. The Morgan fingerprint density at radius 1 is 1.33 bits per heavy atom. The van der Waals surface area contributed by atoms with Crippen LogP contribution in [0.2, 0.25) is 0 Å². The number of fused-ring (bicyclic) bond motifs is 1. The van der Waals surface area contributed by atoms with Gasteiger partial charge in [0.05, 0.1) is 0 Å². The maximum absolute atomic E-state index is 5.88. The predicted molar refractivity (Wildman–Crippen MR) is 62.3 cm³/mol. The monoisotopic (exact) mass is 205 g/mol. The molecule has 1 aromatic rings. The first-order valence-electron chi connectivity index (χ1n) is 5.49. The number of rotatable bonds is 0. The second kappa shape index (κ2) is 3.53. The lowest BCUT2D eigenvalue weighted by Crippen LogP contribution is -2.34. The van der Waals surface area contributed by atoms with Crippen molar-refractivity contribution >= 4 is 0 Å². The Hall–Kier alpha value is -1.02. The van der Waals surface area contributed by atoms with Gasteiger partial charge in [0.2, 0.25) is 0 Å². The van der Waals surface area contributed by atoms with Crippen LogP contribution in [0.4, 0.5) is 0 Å². The lowest BCUT2D eigenvalue weighted by molar-refractivity contribution is 0.257. The predicted octanol–water partition coefficient (Wildman–Crippen LogP) is 2.25. The van der Waals surface area contributed by atoms with Crippen LogP contribution in [0.25, 0.3) is 0 Å². The summed E-state index contributed by atoms with van der Waals surface area (Å²) >= 11 is 0. The zero-order chi connectivity index (χ0) is 11.1. The van der Waals surface area contributed by atoms with E-state index in [9.17, 15) is 0 Å². The quantitative estimate of drug-likeness (QED) is 0.705. The lowest BCUT2D eigenvalue weighted by atomic mass is 9.84. The molecular formula is C13H19NO. The maximum Gasteiger partial charge on any atom is 0.126 e. The molecule has 0 aromatic heterocycles. The Morgan fingerprint density at radius 2 is 2.07 bits per heavy atom. The van der Waals surface area contributed by atoms with Gasteiger partial charge in [-0.2, -0.15) is 0 Å². The summed E-state index contributed by atoms with van der Waals surface area (Å²) in [7, 11) is 0. The van der Waals surface area contributed by atoms with E-state index in [1.54, 1.807) is 0 Å². The molecule has 2 nitrogen and oxygen atoms in total. The van der Waals surface area contributed by atoms with Crippen LogP contribution in [0.15, 0.2) is 18.2 Å². The van der Waals surface area contributed by atoms with E-state index in [1.165, 1.54) is 11.1 Å². The first-order chi connectivity index (χ1) is 6.98. The summed E-state index contributed by atoms with van der Waals surface area (Å²) in [5.74, 6) is 1.06. The highest BCUT2D eigenvalue weighted by atomic mass is 16.5. The van der Waals surface area contributed by atoms with E-state index in [0.717, 1.165) is 12.2 Å². The molecule has 0 saturated carbocycles. The van der Waals surface area contributed by atoms with Crippen molar-refractivity contribution in [3.63, 3.8) is 0 Å². The smallest absolute Gasteiger partial charge is 0.126 e. The minimum absolute atomic E-state index is 0.132. The van der Waals surface area contributed by atoms with Crippen molar-refractivity contribution < 1.29 is 4.74 Å². The fourth-order valence-corrected chi connectivity index (χ4v) is 2.04. The second-order valence-corrected chi connectivity index (χ2v) is 5.32. The third-order valence-corrected chi connectivity index (χ3v) is 2.83. The van der Waals surface area contributed by atoms with E-state index in [1.807, 2.05) is 0 Å². The molecule has 0 aliphatic carbocycles. The van der Waals surface area contributed by atoms with E-state index in [2.05, 4.69) is 39.0 Å². The van der Waals surface area contributed by atoms with E-state index in [0.29, 0.717) is 6.61 Å². The molecule has 0 saturated heterocycles. The number of nitrogens with two attached hydrogens (primary N) is 1. The lowest BCUT2D eigenvalue weighted by Gasteiger charge is -2.29. The summed E-state index contributed by atoms with van der Waals surface area (Å²) < 4.78 is 5.77. The third kappa shape index (κ3) is 2.00. The van der Waals surface area contributed by atoms with Gasteiger partial charge in [-0.05, 0) is 23.0 Å². The Kier molecular flexibility index (Phi) is 2.47. The minimum atomic E-state index is 0.132. The summed E-state index contributed by atoms with van der Waals surface area (Å²) in [6, 6.07) is 6.51. The summed E-state index contributed by atoms with van der Waals surface area (Å²) in [6.45, 7) is 7.27. The highest BCUT2D eigenvalue weighted by Gasteiger charge is 2.25. The van der Waals surface area contributed by atoms with Gasteiger partial charge < -0.3 is 10.5 Å². The average molecular weight is 205 g/mol. The Labute approximate surface area is 91.4 Å². The van der Waals surface area contributed by atoms with Crippen LogP contribution in [0, 0.1) is 0 Å². The van der Waals surface area contributed by atoms with Gasteiger partial charge in [0.15, 0.2) is 0 Å². The Balaban J connectivity index is 2.47. The van der Waals surface area contributed by atoms with Gasteiger partial charge in [-0.25, -0.2) is 0 Å². The fraction of sp³-hybridized carbons (Fsp3) is 0.538. The molecule has 1 atom stereocenters. The van der Waals surface area contributed by atoms with Crippen molar-refractivity contribution in [3.05, 3.63) is 29.3 Å². The molecule has 2 rings (SSSR count). The van der Waals surface area contributed by atoms with Crippen LogP contribution < -0.4 is 10.5 Å². The van der Waals surface area contributed by atoms with Gasteiger partial charge in [0, 0.05) is 6.04 Å². The van der Waals surface area contributed by atoms with E-state index in [4.69, 9.17) is 10.5 Å². The zero-order valence-corrected chi connectivity index (χ0v) is 9.71. The van der Waals surface area contributed by atoms with Gasteiger partial charge in [-0.3, -0.25) is 0 Å². The molecule has 82 valence electrons. The van der Waals surface area contributed by atoms with Crippen molar-refractivity contribution in [2.75, 3.05) is 6.61 Å². The fourth-order valence-electron chi connectivity index (χ4n) is 2.04. The zero-order valence-electron chi connectivity index (χ0n) is 9.71. The topological polar surface area (TPSA) is 35.2 Å². The Morgan fingerprint density at radius 3 is 2.73 bits per heavy atom. The largest absolute Gasteiger partial charge is 0.491 e. The van der Waals surface area contributed by atoms with Crippen LogP contribution in [-0.2, 0) is 11.8 Å². The maximum atomic E-state index is 5.88. The van der Waals surface area contributed by atoms with Gasteiger partial charge >= 0.3 is 0 Å². The molecule has 1 unspecified atom stereocenters. The summed E-state index contributed by atoms with van der Waals surface area (Å²) in [4.78, 5) is 0. The Bertz CT molecular complexity index is 365. The first-order valence-corrected chi connectivity index (χ1v) is 5.49. The third-order valence-electron chi connectivity index (χ3n) is 2.83. The summed E-state index contributed by atoms with van der Waals surface area (Å²) in [5.41, 5.74) is 8.55. The SMILES string of the molecule is CC(C)(C)c1cccc2c1OCC(N)C2. The highest BCUT2D eigenvalue weighted by molar-refractivity contribution is 5.46. The van der Waals surface area contributed by atoms with Crippen LogP contribution >= 0.6 is 0 Å². The van der Waals surface area contributed by atoms with Gasteiger partial charge in [-0.15, -0.1) is 0 Å². The van der Waals surface area contributed by atoms with Crippen molar-refractivity contribution in [3.8, 4) is 5.75 Å². The molecule has 0 spiro atoms. The van der Waals surface area contributed by atoms with Gasteiger partial charge in [0.25, 0.3) is 0 Å². The molecular weight excluding hydrogens is 186 g/mol. The van der Waals surface area contributed by atoms with Crippen molar-refractivity contribution in [1.29, 1.82) is 0 Å². The molecule has 2 heteroatoms. The van der Waals surface area contributed by atoms with Crippen LogP contribution in [-0.4, -0.2) is 12.6 Å². The van der Waals surface area contributed by atoms with Gasteiger partial charge in [-0.1, -0.05) is 39.0 Å². The number of ether oxygens (including phenoxy) is 1. The molecule has 1 aromatic carbocycles. The molecule has 0 radical (unpaired) electrons. The standard InChI is InChI=1S/C13H19NO/c1-13(2,3)11-6-4-5-9-7-10(14)8-15-12(9)11/h4-6,10H,7-8,14H2,1-3H3. The van der Waals surface area contributed by atoms with Crippen LogP contribution in [0.5, 0.6) is 5.75 Å². The van der Waals surface area contributed by atoms with Crippen LogP contribution in [0.1, 0.15) is 31.9 Å². The molecule has 1 aliphatic rings. The molecule has 0 bridgehead atoms. The second-order valence-electron chi connectivity index (χ2n) is 5.32. The van der Waals surface area contributed by atoms with Crippen molar-refractivity contribution in [1.82, 2.24) is 0 Å². The molecule has 15 heavy (non-hydrogen) atoms. The molecule has 0 amide bonds. The number of benzene rings is 1. The number of para-hydroxylation sites is 1. The minimum Gasteiger partial charge on any atom is -0.491 e. The number of hydrogen-bond acceptors (Lipinski definition) is 2. The molecule has 1 heterocycles. The van der Waals surface area contributed by atoms with Gasteiger partial charge in [0.1, 0.15) is 12.4 Å². The molecule has 1 aliphatic heterocycles. The van der Waals surface area contributed by atoms with Crippen LogP contribution in [0.3, 0.4) is 0 Å². The van der Waals surface area contributed by atoms with E-state index >= 15 is 0 Å². The average Bonchev–Trinajstić information content (AvgIpc) is 2.15. The summed E-state index contributed by atoms with van der Waals surface area (Å²) in [5, 5.41) is 0. The van der Waals surface area contributed by atoms with E-state index < -0.39 is 0 Å².